The van der Waals surface area contributed by atoms with Gasteiger partial charge in [-0.15, -0.1) is 21.5 Å². The zero-order valence-electron chi connectivity index (χ0n) is 13.5. The van der Waals surface area contributed by atoms with Gasteiger partial charge < -0.3 is 10.1 Å². The SMILES string of the molecule is COCCNc1nnc(Sc2nc(C)nc3sc4c(c23)CCC4)s1. The van der Waals surface area contributed by atoms with Crippen LogP contribution in [0.15, 0.2) is 9.37 Å². The van der Waals surface area contributed by atoms with Gasteiger partial charge in [-0.1, -0.05) is 11.3 Å². The summed E-state index contributed by atoms with van der Waals surface area (Å²) in [6, 6.07) is 0. The van der Waals surface area contributed by atoms with Gasteiger partial charge in [0, 0.05) is 23.9 Å². The maximum absolute atomic E-state index is 5.03. The van der Waals surface area contributed by atoms with Gasteiger partial charge in [0.2, 0.25) is 5.13 Å². The zero-order valence-corrected chi connectivity index (χ0v) is 15.9. The van der Waals surface area contributed by atoms with Crippen LogP contribution < -0.4 is 5.32 Å². The van der Waals surface area contributed by atoms with Crippen LogP contribution in [0.5, 0.6) is 0 Å². The molecule has 0 amide bonds. The van der Waals surface area contributed by atoms with Gasteiger partial charge in [-0.2, -0.15) is 0 Å². The van der Waals surface area contributed by atoms with Gasteiger partial charge in [0.1, 0.15) is 15.7 Å². The molecule has 0 unspecified atom stereocenters. The van der Waals surface area contributed by atoms with E-state index in [0.717, 1.165) is 38.1 Å². The highest BCUT2D eigenvalue weighted by Crippen LogP contribution is 2.42. The molecule has 126 valence electrons. The number of anilines is 1. The fourth-order valence-electron chi connectivity index (χ4n) is 2.80. The lowest BCUT2D eigenvalue weighted by Crippen LogP contribution is -2.06. The molecular weight excluding hydrogens is 362 g/mol. The topological polar surface area (TPSA) is 72.8 Å². The van der Waals surface area contributed by atoms with Gasteiger partial charge in [0.15, 0.2) is 4.34 Å². The van der Waals surface area contributed by atoms with Crippen LogP contribution >= 0.6 is 34.4 Å². The third kappa shape index (κ3) is 3.13. The third-order valence-corrected chi connectivity index (χ3v) is 6.92. The Hall–Kier alpha value is -1.29. The normalized spacial score (nSPS) is 13.6. The monoisotopic (exact) mass is 379 g/mol. The average Bonchev–Trinajstić information content (AvgIpc) is 3.23. The molecule has 0 bridgehead atoms. The van der Waals surface area contributed by atoms with Crippen molar-refractivity contribution in [1.29, 1.82) is 0 Å². The van der Waals surface area contributed by atoms with Crippen molar-refractivity contribution < 1.29 is 4.74 Å². The molecule has 0 fully saturated rings. The van der Waals surface area contributed by atoms with Crippen LogP contribution in [0.1, 0.15) is 22.7 Å². The Balaban J connectivity index is 1.62. The fraction of sp³-hybridized carbons (Fsp3) is 0.467. The Morgan fingerprint density at radius 3 is 3.00 bits per heavy atom. The molecule has 3 aromatic rings. The van der Waals surface area contributed by atoms with E-state index in [1.807, 2.05) is 18.3 Å². The molecule has 0 aliphatic heterocycles. The number of aryl methyl sites for hydroxylation is 3. The molecule has 4 rings (SSSR count). The summed E-state index contributed by atoms with van der Waals surface area (Å²) >= 11 is 4.96. The van der Waals surface area contributed by atoms with E-state index < -0.39 is 0 Å². The maximum Gasteiger partial charge on any atom is 0.206 e. The molecule has 1 N–H and O–H groups in total. The second-order valence-corrected chi connectivity index (χ2v) is 8.81. The van der Waals surface area contributed by atoms with E-state index in [2.05, 4.69) is 25.5 Å². The van der Waals surface area contributed by atoms with Crippen LogP contribution in [-0.2, 0) is 17.6 Å². The van der Waals surface area contributed by atoms with Crippen molar-refractivity contribution in [2.24, 2.45) is 0 Å². The van der Waals surface area contributed by atoms with Crippen molar-refractivity contribution in [2.45, 2.75) is 35.6 Å². The highest BCUT2D eigenvalue weighted by molar-refractivity contribution is 8.01. The second kappa shape index (κ2) is 6.91. The van der Waals surface area contributed by atoms with Crippen LogP contribution in [0.25, 0.3) is 10.2 Å². The van der Waals surface area contributed by atoms with Gasteiger partial charge in [0.05, 0.1) is 6.61 Å². The predicted octanol–water partition coefficient (Wildman–Crippen LogP) is 3.55. The first kappa shape index (κ1) is 16.2. The van der Waals surface area contributed by atoms with Crippen molar-refractivity contribution in [3.8, 4) is 0 Å². The van der Waals surface area contributed by atoms with Gasteiger partial charge in [0.25, 0.3) is 0 Å². The number of thiophene rings is 1. The summed E-state index contributed by atoms with van der Waals surface area (Å²) in [6.45, 7) is 3.33. The fourth-order valence-corrected chi connectivity index (χ4v) is 6.06. The minimum Gasteiger partial charge on any atom is -0.383 e. The summed E-state index contributed by atoms with van der Waals surface area (Å²) in [5, 5.41) is 14.7. The summed E-state index contributed by atoms with van der Waals surface area (Å²) in [5.74, 6) is 0.813. The molecule has 24 heavy (non-hydrogen) atoms. The minimum atomic E-state index is 0.648. The van der Waals surface area contributed by atoms with Crippen molar-refractivity contribution in [1.82, 2.24) is 20.2 Å². The van der Waals surface area contributed by atoms with E-state index in [1.165, 1.54) is 28.7 Å². The second-order valence-electron chi connectivity index (χ2n) is 5.51. The Labute approximate surface area is 152 Å². The molecule has 6 nitrogen and oxygen atoms in total. The Morgan fingerprint density at radius 2 is 2.12 bits per heavy atom. The number of methoxy groups -OCH3 is 1. The van der Waals surface area contributed by atoms with Gasteiger partial charge in [-0.25, -0.2) is 9.97 Å². The average molecular weight is 380 g/mol. The lowest BCUT2D eigenvalue weighted by atomic mass is 10.2. The molecule has 0 radical (unpaired) electrons. The van der Waals surface area contributed by atoms with Crippen LogP contribution in [0.2, 0.25) is 0 Å². The Bertz CT molecular complexity index is 875. The zero-order chi connectivity index (χ0) is 16.5. The molecule has 3 aromatic heterocycles. The molecule has 0 spiro atoms. The van der Waals surface area contributed by atoms with Crippen molar-refractivity contribution >= 4 is 49.8 Å². The molecule has 1 aliphatic carbocycles. The molecule has 9 heteroatoms. The number of aromatic nitrogens is 4. The van der Waals surface area contributed by atoms with Gasteiger partial charge >= 0.3 is 0 Å². The van der Waals surface area contributed by atoms with E-state index in [4.69, 9.17) is 4.74 Å². The Morgan fingerprint density at radius 1 is 1.21 bits per heavy atom. The molecule has 3 heterocycles. The van der Waals surface area contributed by atoms with Crippen molar-refractivity contribution in [2.75, 3.05) is 25.6 Å². The van der Waals surface area contributed by atoms with E-state index in [9.17, 15) is 0 Å². The van der Waals surface area contributed by atoms with Crippen molar-refractivity contribution in [3.05, 3.63) is 16.3 Å². The number of hydrogen-bond acceptors (Lipinski definition) is 9. The molecule has 0 saturated heterocycles. The summed E-state index contributed by atoms with van der Waals surface area (Å²) in [5.41, 5.74) is 1.44. The summed E-state index contributed by atoms with van der Waals surface area (Å²) < 4.78 is 5.93. The van der Waals surface area contributed by atoms with E-state index in [-0.39, 0.29) is 0 Å². The van der Waals surface area contributed by atoms with Crippen LogP contribution in [0.3, 0.4) is 0 Å². The standard InChI is InChI=1S/C15H17N5OS3/c1-8-17-12-11(9-4-3-5-10(9)22-12)13(18-8)23-15-20-19-14(24-15)16-6-7-21-2/h3-7H2,1-2H3,(H,16,19). The number of hydrogen-bond donors (Lipinski definition) is 1. The van der Waals surface area contributed by atoms with Crippen LogP contribution in [0, 0.1) is 6.92 Å². The first-order chi connectivity index (χ1) is 11.7. The van der Waals surface area contributed by atoms with Gasteiger partial charge in [-0.3, -0.25) is 0 Å². The molecule has 0 atom stereocenters. The summed E-state index contributed by atoms with van der Waals surface area (Å²) in [4.78, 5) is 11.9. The molecular formula is C15H17N5OS3. The highest BCUT2D eigenvalue weighted by atomic mass is 32.2. The van der Waals surface area contributed by atoms with Crippen molar-refractivity contribution in [3.63, 3.8) is 0 Å². The molecule has 0 saturated carbocycles. The Kier molecular flexibility index (Phi) is 4.66. The largest absolute Gasteiger partial charge is 0.383 e. The minimum absolute atomic E-state index is 0.648. The van der Waals surface area contributed by atoms with E-state index in [0.29, 0.717) is 6.61 Å². The number of nitrogens with zero attached hydrogens (tertiary/aromatic N) is 4. The van der Waals surface area contributed by atoms with E-state index >= 15 is 0 Å². The number of rotatable bonds is 6. The van der Waals surface area contributed by atoms with Crippen LogP contribution in [-0.4, -0.2) is 40.4 Å². The summed E-state index contributed by atoms with van der Waals surface area (Å²) in [7, 11) is 1.69. The molecule has 1 aliphatic rings. The quantitative estimate of drug-likeness (QED) is 0.518. The van der Waals surface area contributed by atoms with E-state index in [1.54, 1.807) is 30.2 Å². The predicted molar refractivity (Wildman–Crippen MR) is 98.6 cm³/mol. The number of ether oxygens (including phenoxy) is 1. The number of fused-ring (bicyclic) bond motifs is 3. The highest BCUT2D eigenvalue weighted by Gasteiger charge is 2.23. The third-order valence-electron chi connectivity index (χ3n) is 3.82. The maximum atomic E-state index is 5.03. The van der Waals surface area contributed by atoms with Crippen LogP contribution in [0.4, 0.5) is 5.13 Å². The van der Waals surface area contributed by atoms with Gasteiger partial charge in [-0.05, 0) is 43.5 Å². The number of nitrogens with one attached hydrogen (secondary N) is 1. The smallest absolute Gasteiger partial charge is 0.206 e. The lowest BCUT2D eigenvalue weighted by molar-refractivity contribution is 0.211. The molecule has 0 aromatic carbocycles. The summed E-state index contributed by atoms with van der Waals surface area (Å²) in [6.07, 6.45) is 3.54. The lowest BCUT2D eigenvalue weighted by Gasteiger charge is -2.03. The first-order valence-electron chi connectivity index (χ1n) is 7.77. The first-order valence-corrected chi connectivity index (χ1v) is 10.2.